The summed E-state index contributed by atoms with van der Waals surface area (Å²) in [5, 5.41) is 0. The molecule has 1 aliphatic carbocycles. The van der Waals surface area contributed by atoms with Gasteiger partial charge in [-0.3, -0.25) is 4.79 Å². The zero-order valence-corrected chi connectivity index (χ0v) is 11.2. The summed E-state index contributed by atoms with van der Waals surface area (Å²) in [6.45, 7) is 0. The Kier molecular flexibility index (Phi) is 2.18. The van der Waals surface area contributed by atoms with E-state index in [0.29, 0.717) is 0 Å². The molecule has 1 aromatic carbocycles. The van der Waals surface area contributed by atoms with Crippen LogP contribution < -0.4 is 9.64 Å². The number of hydrogen-bond acceptors (Lipinski definition) is 2. The summed E-state index contributed by atoms with van der Waals surface area (Å²) in [7, 11) is 1.83. The molecule has 2 aliphatic rings. The highest BCUT2D eigenvalue weighted by Crippen LogP contribution is 2.46. The molecule has 0 N–H and O–H groups in total. The summed E-state index contributed by atoms with van der Waals surface area (Å²) >= 11 is 2.26. The van der Waals surface area contributed by atoms with Crippen molar-refractivity contribution < 1.29 is 9.53 Å². The highest BCUT2D eigenvalue weighted by atomic mass is 127. The number of hydrogen-bond donors (Lipinski definition) is 0. The third kappa shape index (κ3) is 1.28. The number of carbonyl (C=O) groups excluding carboxylic acids is 1. The minimum absolute atomic E-state index is 0.104. The van der Waals surface area contributed by atoms with Crippen molar-refractivity contribution in [2.24, 2.45) is 0 Å². The van der Waals surface area contributed by atoms with Gasteiger partial charge in [0.15, 0.2) is 5.60 Å². The van der Waals surface area contributed by atoms with Gasteiger partial charge < -0.3 is 9.64 Å². The SMILES string of the molecule is CN1C(=O)C2(CCC2)Oc2cc(I)ccc21. The van der Waals surface area contributed by atoms with E-state index in [0.717, 1.165) is 34.3 Å². The number of ether oxygens (including phenoxy) is 1. The standard InChI is InChI=1S/C12H12INO2/c1-14-9-4-3-8(13)7-10(9)16-12(11(14)15)5-2-6-12/h3-4,7H,2,5-6H2,1H3. The number of amides is 1. The number of likely N-dealkylation sites (N-methyl/N-ethyl adjacent to an activating group) is 1. The summed E-state index contributed by atoms with van der Waals surface area (Å²) in [6, 6.07) is 5.94. The molecule has 16 heavy (non-hydrogen) atoms. The number of benzene rings is 1. The molecule has 1 spiro atoms. The summed E-state index contributed by atoms with van der Waals surface area (Å²) in [4.78, 5) is 13.9. The van der Waals surface area contributed by atoms with Crippen molar-refractivity contribution in [2.75, 3.05) is 11.9 Å². The number of carbonyl (C=O) groups is 1. The fourth-order valence-corrected chi connectivity index (χ4v) is 2.79. The second-order valence-electron chi connectivity index (χ2n) is 4.43. The van der Waals surface area contributed by atoms with Crippen molar-refractivity contribution in [1.29, 1.82) is 0 Å². The number of fused-ring (bicyclic) bond motifs is 1. The van der Waals surface area contributed by atoms with Crippen molar-refractivity contribution >= 4 is 34.2 Å². The van der Waals surface area contributed by atoms with Crippen molar-refractivity contribution in [3.05, 3.63) is 21.8 Å². The fraction of sp³-hybridized carbons (Fsp3) is 0.417. The van der Waals surface area contributed by atoms with Crippen molar-refractivity contribution in [3.63, 3.8) is 0 Å². The number of nitrogens with zero attached hydrogens (tertiary/aromatic N) is 1. The van der Waals surface area contributed by atoms with Crippen LogP contribution in [0.2, 0.25) is 0 Å². The van der Waals surface area contributed by atoms with E-state index in [9.17, 15) is 4.79 Å². The maximum atomic E-state index is 12.2. The van der Waals surface area contributed by atoms with Crippen LogP contribution in [0.3, 0.4) is 0 Å². The lowest BCUT2D eigenvalue weighted by Crippen LogP contribution is -2.59. The van der Waals surface area contributed by atoms with E-state index >= 15 is 0 Å². The van der Waals surface area contributed by atoms with Gasteiger partial charge in [-0.15, -0.1) is 0 Å². The minimum atomic E-state index is -0.549. The summed E-state index contributed by atoms with van der Waals surface area (Å²) in [5.74, 6) is 0.946. The van der Waals surface area contributed by atoms with Crippen LogP contribution in [-0.2, 0) is 4.79 Å². The van der Waals surface area contributed by atoms with Crippen LogP contribution in [0.15, 0.2) is 18.2 Å². The average Bonchev–Trinajstić information content (AvgIpc) is 2.20. The van der Waals surface area contributed by atoms with E-state index in [-0.39, 0.29) is 5.91 Å². The zero-order chi connectivity index (χ0) is 11.3. The molecule has 1 heterocycles. The number of halogens is 1. The Morgan fingerprint density at radius 3 is 2.81 bits per heavy atom. The molecule has 0 bridgehead atoms. The Labute approximate surface area is 108 Å². The Morgan fingerprint density at radius 2 is 2.19 bits per heavy atom. The molecular weight excluding hydrogens is 317 g/mol. The Morgan fingerprint density at radius 1 is 1.44 bits per heavy atom. The fourth-order valence-electron chi connectivity index (χ4n) is 2.33. The molecule has 0 unspecified atom stereocenters. The molecule has 3 nitrogen and oxygen atoms in total. The van der Waals surface area contributed by atoms with Gasteiger partial charge in [0.25, 0.3) is 5.91 Å². The third-order valence-electron chi connectivity index (χ3n) is 3.44. The molecule has 1 aromatic rings. The van der Waals surface area contributed by atoms with Crippen LogP contribution in [0.4, 0.5) is 5.69 Å². The summed E-state index contributed by atoms with van der Waals surface area (Å²) < 4.78 is 7.06. The molecular formula is C12H12INO2. The van der Waals surface area contributed by atoms with Gasteiger partial charge in [-0.2, -0.15) is 0 Å². The van der Waals surface area contributed by atoms with Crippen LogP contribution in [0, 0.1) is 3.57 Å². The van der Waals surface area contributed by atoms with Gasteiger partial charge >= 0.3 is 0 Å². The van der Waals surface area contributed by atoms with Gasteiger partial charge in [0.1, 0.15) is 5.75 Å². The van der Waals surface area contributed by atoms with E-state index < -0.39 is 5.60 Å². The van der Waals surface area contributed by atoms with E-state index in [1.54, 1.807) is 4.90 Å². The van der Waals surface area contributed by atoms with Gasteiger partial charge in [-0.25, -0.2) is 0 Å². The molecule has 1 fully saturated rings. The molecule has 4 heteroatoms. The minimum Gasteiger partial charge on any atom is -0.475 e. The lowest BCUT2D eigenvalue weighted by atomic mass is 9.78. The predicted molar refractivity (Wildman–Crippen MR) is 69.8 cm³/mol. The van der Waals surface area contributed by atoms with Gasteiger partial charge in [0.05, 0.1) is 5.69 Å². The molecule has 1 saturated carbocycles. The number of rotatable bonds is 0. The first-order chi connectivity index (χ1) is 7.62. The van der Waals surface area contributed by atoms with E-state index in [4.69, 9.17) is 4.74 Å². The summed E-state index contributed by atoms with van der Waals surface area (Å²) in [5.41, 5.74) is 0.328. The highest BCUT2D eigenvalue weighted by molar-refractivity contribution is 14.1. The van der Waals surface area contributed by atoms with Crippen molar-refractivity contribution in [2.45, 2.75) is 24.9 Å². The molecule has 1 aliphatic heterocycles. The zero-order valence-electron chi connectivity index (χ0n) is 9.00. The van der Waals surface area contributed by atoms with Crippen LogP contribution >= 0.6 is 22.6 Å². The molecule has 3 rings (SSSR count). The molecule has 0 saturated heterocycles. The van der Waals surface area contributed by atoms with Gasteiger partial charge in [-0.05, 0) is 60.1 Å². The smallest absolute Gasteiger partial charge is 0.271 e. The molecule has 0 radical (unpaired) electrons. The topological polar surface area (TPSA) is 29.5 Å². The maximum Gasteiger partial charge on any atom is 0.271 e. The van der Waals surface area contributed by atoms with Crippen LogP contribution in [0.5, 0.6) is 5.75 Å². The lowest BCUT2D eigenvalue weighted by molar-refractivity contribution is -0.142. The molecule has 84 valence electrons. The maximum absolute atomic E-state index is 12.2. The van der Waals surface area contributed by atoms with Crippen LogP contribution in [0.1, 0.15) is 19.3 Å². The normalized spacial score (nSPS) is 21.4. The Balaban J connectivity index is 2.10. The molecule has 0 aromatic heterocycles. The van der Waals surface area contributed by atoms with Gasteiger partial charge in [0.2, 0.25) is 0 Å². The van der Waals surface area contributed by atoms with E-state index in [1.165, 1.54) is 0 Å². The van der Waals surface area contributed by atoms with Crippen LogP contribution in [-0.4, -0.2) is 18.6 Å². The first-order valence-corrected chi connectivity index (χ1v) is 6.47. The van der Waals surface area contributed by atoms with Crippen LogP contribution in [0.25, 0.3) is 0 Å². The average molecular weight is 329 g/mol. The predicted octanol–water partition coefficient (Wildman–Crippen LogP) is 2.57. The van der Waals surface area contributed by atoms with E-state index in [2.05, 4.69) is 22.6 Å². The van der Waals surface area contributed by atoms with Crippen molar-refractivity contribution in [3.8, 4) is 5.75 Å². The molecule has 1 amide bonds. The first-order valence-electron chi connectivity index (χ1n) is 5.39. The first kappa shape index (κ1) is 10.4. The third-order valence-corrected chi connectivity index (χ3v) is 4.12. The monoisotopic (exact) mass is 329 g/mol. The van der Waals surface area contributed by atoms with E-state index in [1.807, 2.05) is 25.2 Å². The summed E-state index contributed by atoms with van der Waals surface area (Å²) in [6.07, 6.45) is 2.78. The lowest BCUT2D eigenvalue weighted by Gasteiger charge is -2.46. The van der Waals surface area contributed by atoms with Gasteiger partial charge in [0, 0.05) is 10.6 Å². The second kappa shape index (κ2) is 3.35. The number of anilines is 1. The Bertz CT molecular complexity index is 468. The highest BCUT2D eigenvalue weighted by Gasteiger charge is 2.51. The molecule has 0 atom stereocenters. The van der Waals surface area contributed by atoms with Gasteiger partial charge in [-0.1, -0.05) is 0 Å². The Hall–Kier alpha value is -0.780. The second-order valence-corrected chi connectivity index (χ2v) is 5.67. The quantitative estimate of drug-likeness (QED) is 0.685. The van der Waals surface area contributed by atoms with Crippen molar-refractivity contribution in [1.82, 2.24) is 0 Å². The largest absolute Gasteiger partial charge is 0.475 e.